The highest BCUT2D eigenvalue weighted by Gasteiger charge is 2.37. The molecule has 0 spiro atoms. The lowest BCUT2D eigenvalue weighted by molar-refractivity contribution is -0.122. The fourth-order valence-corrected chi connectivity index (χ4v) is 2.96. The molecule has 2 fully saturated rings. The van der Waals surface area contributed by atoms with E-state index in [4.69, 9.17) is 0 Å². The standard InChI is InChI=1S/C17H24N4O.HI/c1-18-17(20-14-7-8-16(22)19-11-14)21-15-10-13(15)9-12-5-3-2-4-6-12;/h2-6,13-15H,7-11H2,1H3,(H,19,22)(H2,18,20,21);1H. The van der Waals surface area contributed by atoms with Gasteiger partial charge in [-0.1, -0.05) is 30.3 Å². The first-order valence-electron chi connectivity index (χ1n) is 8.05. The van der Waals surface area contributed by atoms with E-state index in [0.29, 0.717) is 24.9 Å². The van der Waals surface area contributed by atoms with Crippen LogP contribution in [0, 0.1) is 5.92 Å². The van der Waals surface area contributed by atoms with Gasteiger partial charge in [0.1, 0.15) is 0 Å². The fraction of sp³-hybridized carbons (Fsp3) is 0.529. The minimum absolute atomic E-state index is 0. The fourth-order valence-electron chi connectivity index (χ4n) is 2.96. The number of hydrogen-bond donors (Lipinski definition) is 3. The molecule has 1 aliphatic heterocycles. The van der Waals surface area contributed by atoms with Gasteiger partial charge in [-0.15, -0.1) is 24.0 Å². The van der Waals surface area contributed by atoms with E-state index in [0.717, 1.165) is 18.8 Å². The Kier molecular flexibility index (Phi) is 6.68. The Morgan fingerprint density at radius 1 is 1.30 bits per heavy atom. The summed E-state index contributed by atoms with van der Waals surface area (Å²) in [7, 11) is 1.80. The van der Waals surface area contributed by atoms with Crippen molar-refractivity contribution in [2.45, 2.75) is 37.8 Å². The van der Waals surface area contributed by atoms with E-state index in [1.807, 2.05) is 0 Å². The van der Waals surface area contributed by atoms with Gasteiger partial charge in [-0.3, -0.25) is 9.79 Å². The molecule has 3 unspecified atom stereocenters. The third-order valence-electron chi connectivity index (χ3n) is 4.42. The van der Waals surface area contributed by atoms with Crippen LogP contribution in [0.25, 0.3) is 0 Å². The third kappa shape index (κ3) is 5.37. The average Bonchev–Trinajstić information content (AvgIpc) is 3.27. The zero-order chi connectivity index (χ0) is 15.4. The number of nitrogens with zero attached hydrogens (tertiary/aromatic N) is 1. The molecule has 1 amide bonds. The molecule has 1 aromatic rings. The molecular weight excluding hydrogens is 403 g/mol. The molecule has 1 aromatic carbocycles. The highest BCUT2D eigenvalue weighted by Crippen LogP contribution is 2.33. The van der Waals surface area contributed by atoms with E-state index in [1.54, 1.807) is 7.05 Å². The van der Waals surface area contributed by atoms with Crippen LogP contribution in [-0.4, -0.2) is 37.5 Å². The van der Waals surface area contributed by atoms with E-state index in [2.05, 4.69) is 51.3 Å². The molecule has 3 rings (SSSR count). The zero-order valence-corrected chi connectivity index (χ0v) is 15.7. The van der Waals surface area contributed by atoms with Crippen LogP contribution in [-0.2, 0) is 11.2 Å². The Morgan fingerprint density at radius 3 is 2.74 bits per heavy atom. The lowest BCUT2D eigenvalue weighted by Crippen LogP contribution is -2.51. The Labute approximate surface area is 154 Å². The van der Waals surface area contributed by atoms with Crippen LogP contribution in [0.5, 0.6) is 0 Å². The summed E-state index contributed by atoms with van der Waals surface area (Å²) < 4.78 is 0. The molecule has 0 bridgehead atoms. The first-order chi connectivity index (χ1) is 10.7. The number of amides is 1. The van der Waals surface area contributed by atoms with Gasteiger partial charge in [-0.05, 0) is 30.7 Å². The largest absolute Gasteiger partial charge is 0.354 e. The van der Waals surface area contributed by atoms with E-state index < -0.39 is 0 Å². The van der Waals surface area contributed by atoms with Crippen LogP contribution in [0.1, 0.15) is 24.8 Å². The normalized spacial score (nSPS) is 26.7. The average molecular weight is 428 g/mol. The second-order valence-corrected chi connectivity index (χ2v) is 6.19. The number of rotatable bonds is 4. The summed E-state index contributed by atoms with van der Waals surface area (Å²) >= 11 is 0. The van der Waals surface area contributed by atoms with Crippen molar-refractivity contribution in [1.29, 1.82) is 0 Å². The number of carbonyl (C=O) groups is 1. The van der Waals surface area contributed by atoms with Gasteiger partial charge < -0.3 is 16.0 Å². The lowest BCUT2D eigenvalue weighted by Gasteiger charge is -2.25. The number of guanidine groups is 1. The maximum absolute atomic E-state index is 11.2. The number of nitrogens with one attached hydrogen (secondary N) is 3. The topological polar surface area (TPSA) is 65.5 Å². The summed E-state index contributed by atoms with van der Waals surface area (Å²) in [4.78, 5) is 15.5. The third-order valence-corrected chi connectivity index (χ3v) is 4.42. The molecule has 0 radical (unpaired) electrons. The van der Waals surface area contributed by atoms with Crippen LogP contribution in [0.15, 0.2) is 35.3 Å². The Morgan fingerprint density at radius 2 is 2.09 bits per heavy atom. The highest BCUT2D eigenvalue weighted by molar-refractivity contribution is 14.0. The molecule has 0 aromatic heterocycles. The van der Waals surface area contributed by atoms with Crippen molar-refractivity contribution in [3.8, 4) is 0 Å². The molecule has 1 saturated heterocycles. The summed E-state index contributed by atoms with van der Waals surface area (Å²) in [5, 5.41) is 9.79. The maximum atomic E-state index is 11.2. The van der Waals surface area contributed by atoms with Crippen LogP contribution in [0.2, 0.25) is 0 Å². The lowest BCUT2D eigenvalue weighted by atomic mass is 10.1. The summed E-state index contributed by atoms with van der Waals surface area (Å²) in [5.41, 5.74) is 1.40. The molecule has 1 aliphatic carbocycles. The number of piperidine rings is 1. The minimum atomic E-state index is 0. The van der Waals surface area contributed by atoms with Gasteiger partial charge in [0.2, 0.25) is 5.91 Å². The molecule has 6 heteroatoms. The van der Waals surface area contributed by atoms with Crippen molar-refractivity contribution in [3.05, 3.63) is 35.9 Å². The van der Waals surface area contributed by atoms with Gasteiger partial charge in [0.15, 0.2) is 5.96 Å². The molecule has 126 valence electrons. The second-order valence-electron chi connectivity index (χ2n) is 6.19. The summed E-state index contributed by atoms with van der Waals surface area (Å²) in [5.74, 6) is 1.68. The van der Waals surface area contributed by atoms with E-state index >= 15 is 0 Å². The quantitative estimate of drug-likeness (QED) is 0.389. The molecule has 23 heavy (non-hydrogen) atoms. The number of halogens is 1. The maximum Gasteiger partial charge on any atom is 0.220 e. The Bertz CT molecular complexity index is 539. The Hall–Kier alpha value is -1.31. The van der Waals surface area contributed by atoms with Crippen LogP contribution in [0.4, 0.5) is 0 Å². The first kappa shape index (κ1) is 18.0. The van der Waals surface area contributed by atoms with Crippen molar-refractivity contribution in [2.24, 2.45) is 10.9 Å². The smallest absolute Gasteiger partial charge is 0.220 e. The van der Waals surface area contributed by atoms with Gasteiger partial charge in [-0.2, -0.15) is 0 Å². The van der Waals surface area contributed by atoms with Crippen LogP contribution >= 0.6 is 24.0 Å². The van der Waals surface area contributed by atoms with E-state index in [1.165, 1.54) is 12.0 Å². The number of hydrogen-bond acceptors (Lipinski definition) is 2. The minimum Gasteiger partial charge on any atom is -0.354 e. The molecular formula is C17H25IN4O. The highest BCUT2D eigenvalue weighted by atomic mass is 127. The predicted octanol–water partition coefficient (Wildman–Crippen LogP) is 1.68. The van der Waals surface area contributed by atoms with Crippen molar-refractivity contribution < 1.29 is 4.79 Å². The number of aliphatic imine (C=N–C) groups is 1. The molecule has 1 saturated carbocycles. The van der Waals surface area contributed by atoms with E-state index in [-0.39, 0.29) is 35.9 Å². The summed E-state index contributed by atoms with van der Waals surface area (Å²) in [6.07, 6.45) is 3.77. The summed E-state index contributed by atoms with van der Waals surface area (Å²) in [6, 6.07) is 11.4. The van der Waals surface area contributed by atoms with Gasteiger partial charge in [0.05, 0.1) is 0 Å². The van der Waals surface area contributed by atoms with Crippen LogP contribution in [0.3, 0.4) is 0 Å². The molecule has 5 nitrogen and oxygen atoms in total. The molecule has 2 aliphatic rings. The van der Waals surface area contributed by atoms with E-state index in [9.17, 15) is 4.79 Å². The Balaban J connectivity index is 0.00000192. The van der Waals surface area contributed by atoms with Gasteiger partial charge in [0.25, 0.3) is 0 Å². The monoisotopic (exact) mass is 428 g/mol. The molecule has 3 N–H and O–H groups in total. The van der Waals surface area contributed by atoms with Gasteiger partial charge in [0, 0.05) is 32.1 Å². The van der Waals surface area contributed by atoms with Crippen molar-refractivity contribution in [1.82, 2.24) is 16.0 Å². The van der Waals surface area contributed by atoms with Gasteiger partial charge >= 0.3 is 0 Å². The van der Waals surface area contributed by atoms with Crippen molar-refractivity contribution >= 4 is 35.8 Å². The second kappa shape index (κ2) is 8.52. The SMILES string of the molecule is CN=C(NC1CCC(=O)NC1)NC1CC1Cc1ccccc1.I. The summed E-state index contributed by atoms with van der Waals surface area (Å²) in [6.45, 7) is 0.678. The number of benzene rings is 1. The van der Waals surface area contributed by atoms with Crippen molar-refractivity contribution in [3.63, 3.8) is 0 Å². The zero-order valence-electron chi connectivity index (χ0n) is 13.4. The van der Waals surface area contributed by atoms with Crippen molar-refractivity contribution in [2.75, 3.05) is 13.6 Å². The predicted molar refractivity (Wildman–Crippen MR) is 103 cm³/mol. The molecule has 3 atom stereocenters. The van der Waals surface area contributed by atoms with Gasteiger partial charge in [-0.25, -0.2) is 0 Å². The number of carbonyl (C=O) groups excluding carboxylic acids is 1. The molecule has 1 heterocycles. The van der Waals surface area contributed by atoms with Crippen LogP contribution < -0.4 is 16.0 Å². The first-order valence-corrected chi connectivity index (χ1v) is 8.05.